The number of carbonyl (C=O) groups is 1. The molecule has 4 heteroatoms. The van der Waals surface area contributed by atoms with Gasteiger partial charge in [0.25, 0.3) is 0 Å². The first kappa shape index (κ1) is 16.8. The lowest BCUT2D eigenvalue weighted by Crippen LogP contribution is -2.47. The zero-order valence-corrected chi connectivity index (χ0v) is 13.7. The number of amides is 1. The molecule has 1 aliphatic heterocycles. The van der Waals surface area contributed by atoms with Gasteiger partial charge in [0, 0.05) is 19.1 Å². The number of hydrogen-bond acceptors (Lipinski definition) is 2. The highest BCUT2D eigenvalue weighted by Crippen LogP contribution is 2.24. The Kier molecular flexibility index (Phi) is 5.43. The molecule has 0 aromatic heterocycles. The maximum Gasteiger partial charge on any atom is 0.229 e. The van der Waals surface area contributed by atoms with E-state index in [9.17, 15) is 4.79 Å². The van der Waals surface area contributed by atoms with E-state index < -0.39 is 0 Å². The van der Waals surface area contributed by atoms with Crippen molar-refractivity contribution in [3.63, 3.8) is 0 Å². The number of hydrogen-bond donors (Lipinski definition) is 1. The summed E-state index contributed by atoms with van der Waals surface area (Å²) in [6.45, 7) is 3.52. The van der Waals surface area contributed by atoms with E-state index in [1.54, 1.807) is 0 Å². The molecule has 1 saturated heterocycles. The number of halogens is 1. The lowest BCUT2D eigenvalue weighted by Gasteiger charge is -2.32. The van der Waals surface area contributed by atoms with Crippen LogP contribution in [0.25, 0.3) is 10.8 Å². The molecule has 2 aromatic rings. The summed E-state index contributed by atoms with van der Waals surface area (Å²) in [6, 6.07) is 14.7. The highest BCUT2D eigenvalue weighted by molar-refractivity contribution is 5.87. The Morgan fingerprint density at radius 1 is 1.23 bits per heavy atom. The number of carbonyl (C=O) groups excluding carboxylic acids is 1. The van der Waals surface area contributed by atoms with Crippen LogP contribution < -0.4 is 5.73 Å². The van der Waals surface area contributed by atoms with Crippen molar-refractivity contribution in [2.45, 2.75) is 31.7 Å². The summed E-state index contributed by atoms with van der Waals surface area (Å²) in [5.41, 5.74) is 7.06. The summed E-state index contributed by atoms with van der Waals surface area (Å²) >= 11 is 0. The third-order valence-electron chi connectivity index (χ3n) is 4.41. The fourth-order valence-electron chi connectivity index (χ4n) is 3.10. The van der Waals surface area contributed by atoms with Gasteiger partial charge in [-0.1, -0.05) is 42.5 Å². The monoisotopic (exact) mass is 318 g/mol. The number of piperidine rings is 1. The number of benzene rings is 2. The Morgan fingerprint density at radius 3 is 2.68 bits per heavy atom. The van der Waals surface area contributed by atoms with Crippen molar-refractivity contribution in [3.8, 4) is 0 Å². The van der Waals surface area contributed by atoms with Gasteiger partial charge in [-0.25, -0.2) is 0 Å². The minimum Gasteiger partial charge on any atom is -0.341 e. The van der Waals surface area contributed by atoms with E-state index in [1.807, 2.05) is 24.0 Å². The molecule has 0 aliphatic carbocycles. The van der Waals surface area contributed by atoms with E-state index >= 15 is 0 Å². The molecule has 22 heavy (non-hydrogen) atoms. The van der Waals surface area contributed by atoms with Gasteiger partial charge in [-0.15, -0.1) is 12.4 Å². The highest BCUT2D eigenvalue weighted by atomic mass is 35.5. The smallest absolute Gasteiger partial charge is 0.229 e. The molecular weight excluding hydrogens is 296 g/mol. The third kappa shape index (κ3) is 3.42. The largest absolute Gasteiger partial charge is 0.341 e. The maximum absolute atomic E-state index is 12.7. The van der Waals surface area contributed by atoms with Gasteiger partial charge in [0.2, 0.25) is 5.91 Å². The molecule has 0 radical (unpaired) electrons. The van der Waals surface area contributed by atoms with Crippen LogP contribution in [-0.2, 0) is 4.79 Å². The second-order valence-corrected chi connectivity index (χ2v) is 6.01. The van der Waals surface area contributed by atoms with Gasteiger partial charge in [0.1, 0.15) is 0 Å². The molecule has 1 amide bonds. The molecule has 2 N–H and O–H groups in total. The van der Waals surface area contributed by atoms with Crippen molar-refractivity contribution in [1.29, 1.82) is 0 Å². The molecule has 1 fully saturated rings. The summed E-state index contributed by atoms with van der Waals surface area (Å²) in [5.74, 6) is 0.0836. The fourth-order valence-corrected chi connectivity index (χ4v) is 3.10. The van der Waals surface area contributed by atoms with Crippen LogP contribution in [0, 0.1) is 0 Å². The van der Waals surface area contributed by atoms with Gasteiger partial charge in [0.05, 0.1) is 5.92 Å². The van der Waals surface area contributed by atoms with Gasteiger partial charge in [0.15, 0.2) is 0 Å². The average Bonchev–Trinajstić information content (AvgIpc) is 2.53. The topological polar surface area (TPSA) is 46.3 Å². The molecule has 3 nitrogen and oxygen atoms in total. The van der Waals surface area contributed by atoms with Crippen molar-refractivity contribution < 1.29 is 4.79 Å². The molecular formula is C18H23ClN2O. The Morgan fingerprint density at radius 2 is 1.95 bits per heavy atom. The standard InChI is InChI=1S/C18H22N2O.ClH/c1-13(18(21)20-10-4-7-17(19)12-20)15-9-8-14-5-2-3-6-16(14)11-15;/h2-3,5-6,8-9,11,13,17H,4,7,10,12,19H2,1H3;1H. The Hall–Kier alpha value is -1.58. The molecule has 1 heterocycles. The van der Waals surface area contributed by atoms with E-state index in [2.05, 4.69) is 30.3 Å². The number of likely N-dealkylation sites (tertiary alicyclic amines) is 1. The van der Waals surface area contributed by atoms with Crippen molar-refractivity contribution in [1.82, 2.24) is 4.90 Å². The molecule has 0 spiro atoms. The first-order chi connectivity index (χ1) is 10.1. The normalized spacial score (nSPS) is 19.5. The van der Waals surface area contributed by atoms with Crippen molar-refractivity contribution in [2.75, 3.05) is 13.1 Å². The molecule has 118 valence electrons. The van der Waals surface area contributed by atoms with Crippen LogP contribution in [0.5, 0.6) is 0 Å². The van der Waals surface area contributed by atoms with Gasteiger partial charge in [-0.3, -0.25) is 4.79 Å². The van der Waals surface area contributed by atoms with Gasteiger partial charge < -0.3 is 10.6 Å². The third-order valence-corrected chi connectivity index (χ3v) is 4.41. The van der Waals surface area contributed by atoms with E-state index in [-0.39, 0.29) is 30.3 Å². The van der Waals surface area contributed by atoms with Crippen molar-refractivity contribution >= 4 is 29.1 Å². The predicted molar refractivity (Wildman–Crippen MR) is 93.4 cm³/mol. The van der Waals surface area contributed by atoms with Crippen LogP contribution in [-0.4, -0.2) is 29.9 Å². The summed E-state index contributed by atoms with van der Waals surface area (Å²) in [6.07, 6.45) is 2.03. The molecule has 2 aromatic carbocycles. The maximum atomic E-state index is 12.7. The number of nitrogens with zero attached hydrogens (tertiary/aromatic N) is 1. The van der Waals surface area contributed by atoms with Crippen LogP contribution in [0.1, 0.15) is 31.2 Å². The number of nitrogens with two attached hydrogens (primary N) is 1. The minimum absolute atomic E-state index is 0. The number of rotatable bonds is 2. The first-order valence-corrected chi connectivity index (χ1v) is 7.68. The molecule has 0 bridgehead atoms. The Balaban J connectivity index is 0.00000176. The van der Waals surface area contributed by atoms with Gasteiger partial charge in [-0.05, 0) is 36.1 Å². The fraction of sp³-hybridized carbons (Fsp3) is 0.389. The summed E-state index contributed by atoms with van der Waals surface area (Å²) in [4.78, 5) is 14.6. The molecule has 2 unspecified atom stereocenters. The average molecular weight is 319 g/mol. The lowest BCUT2D eigenvalue weighted by molar-refractivity contribution is -0.133. The zero-order valence-electron chi connectivity index (χ0n) is 12.9. The Bertz CT molecular complexity index is 658. The van der Waals surface area contributed by atoms with Crippen LogP contribution >= 0.6 is 12.4 Å². The molecule has 2 atom stereocenters. The van der Waals surface area contributed by atoms with Gasteiger partial charge in [-0.2, -0.15) is 0 Å². The first-order valence-electron chi connectivity index (χ1n) is 7.68. The van der Waals surface area contributed by atoms with Crippen molar-refractivity contribution in [3.05, 3.63) is 48.0 Å². The van der Waals surface area contributed by atoms with E-state index in [1.165, 1.54) is 10.8 Å². The minimum atomic E-state index is -0.111. The van der Waals surface area contributed by atoms with Crippen molar-refractivity contribution in [2.24, 2.45) is 5.73 Å². The van der Waals surface area contributed by atoms with Crippen LogP contribution in [0.15, 0.2) is 42.5 Å². The second-order valence-electron chi connectivity index (χ2n) is 6.01. The van der Waals surface area contributed by atoms with Crippen LogP contribution in [0.2, 0.25) is 0 Å². The summed E-state index contributed by atoms with van der Waals surface area (Å²) in [5, 5.41) is 2.39. The van der Waals surface area contributed by atoms with Gasteiger partial charge >= 0.3 is 0 Å². The van der Waals surface area contributed by atoms with E-state index in [0.717, 1.165) is 24.9 Å². The summed E-state index contributed by atoms with van der Waals surface area (Å²) in [7, 11) is 0. The Labute approximate surface area is 137 Å². The number of fused-ring (bicyclic) bond motifs is 1. The second kappa shape index (κ2) is 7.12. The molecule has 0 saturated carbocycles. The molecule has 1 aliphatic rings. The predicted octanol–water partition coefficient (Wildman–Crippen LogP) is 3.31. The lowest BCUT2D eigenvalue weighted by atomic mass is 9.95. The van der Waals surface area contributed by atoms with E-state index in [0.29, 0.717) is 6.54 Å². The van der Waals surface area contributed by atoms with Crippen LogP contribution in [0.3, 0.4) is 0 Å². The van der Waals surface area contributed by atoms with Crippen LogP contribution in [0.4, 0.5) is 0 Å². The molecule has 3 rings (SSSR count). The SMILES string of the molecule is CC(C(=O)N1CCCC(N)C1)c1ccc2ccccc2c1.Cl. The summed E-state index contributed by atoms with van der Waals surface area (Å²) < 4.78 is 0. The zero-order chi connectivity index (χ0) is 14.8. The highest BCUT2D eigenvalue weighted by Gasteiger charge is 2.26. The van der Waals surface area contributed by atoms with E-state index in [4.69, 9.17) is 5.73 Å². The quantitative estimate of drug-likeness (QED) is 0.923.